The molecule has 3 aromatic heterocycles. The SMILES string of the molecule is CC(C)(CCc1ccc(-c2ccc(Cl)c3c(N(C(=O)OCCC(C(=O)O)C(=O)O)S(C)(=O)=O)nn(CC(F)(F)F)c23)c([C@H](Cc2cc(F)cc(F)c2)NC(=O)Cn2nc(C(F)(F)F)c3c2C(F)(F)C2C[C@H]32)n1)S(C)(=O)=O. The van der Waals surface area contributed by atoms with E-state index in [1.165, 1.54) is 26.0 Å². The van der Waals surface area contributed by atoms with Crippen molar-refractivity contribution >= 4 is 72.1 Å². The van der Waals surface area contributed by atoms with Gasteiger partial charge in [-0.15, -0.1) is 0 Å². The van der Waals surface area contributed by atoms with E-state index < -0.39 is 185 Å². The number of alkyl halides is 8. The van der Waals surface area contributed by atoms with Crippen LogP contribution < -0.4 is 9.62 Å². The molecule has 31 heteroatoms. The number of aromatic nitrogens is 5. The second-order valence-corrected chi connectivity index (χ2v) is 23.7. The van der Waals surface area contributed by atoms with Gasteiger partial charge in [0.15, 0.2) is 27.3 Å². The number of sulfonamides is 1. The van der Waals surface area contributed by atoms with E-state index in [0.717, 1.165) is 30.5 Å². The van der Waals surface area contributed by atoms with Gasteiger partial charge < -0.3 is 20.3 Å². The number of hydrogen-bond donors (Lipinski definition) is 3. The zero-order valence-electron chi connectivity index (χ0n) is 39.7. The van der Waals surface area contributed by atoms with Gasteiger partial charge in [0, 0.05) is 47.0 Å². The predicted octanol–water partition coefficient (Wildman–Crippen LogP) is 7.95. The van der Waals surface area contributed by atoms with Crippen LogP contribution in [0.25, 0.3) is 22.0 Å². The van der Waals surface area contributed by atoms with Gasteiger partial charge in [-0.25, -0.2) is 30.4 Å². The normalized spacial score (nSPS) is 16.8. The van der Waals surface area contributed by atoms with Gasteiger partial charge in [-0.3, -0.25) is 28.7 Å². The minimum atomic E-state index is -5.25. The summed E-state index contributed by atoms with van der Waals surface area (Å²) in [6.07, 6.45) is -13.4. The number of fused-ring (bicyclic) bond motifs is 4. The molecule has 0 bridgehead atoms. The summed E-state index contributed by atoms with van der Waals surface area (Å²) in [5, 5.41) is 26.8. The highest BCUT2D eigenvalue weighted by atomic mass is 35.5. The molecule has 0 aliphatic heterocycles. The molecule has 1 saturated carbocycles. The molecule has 3 atom stereocenters. The smallest absolute Gasteiger partial charge is 0.435 e. The quantitative estimate of drug-likeness (QED) is 0.0524. The molecule has 7 rings (SSSR count). The van der Waals surface area contributed by atoms with Gasteiger partial charge in [0.25, 0.3) is 5.92 Å². The predicted molar refractivity (Wildman–Crippen MR) is 246 cm³/mol. The number of rotatable bonds is 19. The third-order valence-corrected chi connectivity index (χ3v) is 16.4. The van der Waals surface area contributed by atoms with E-state index in [4.69, 9.17) is 16.3 Å². The molecule has 1 unspecified atom stereocenters. The lowest BCUT2D eigenvalue weighted by molar-refractivity contribution is -0.155. The first-order valence-corrected chi connectivity index (χ1v) is 26.4. The molecule has 2 aliphatic rings. The number of hydrogen-bond acceptors (Lipinski definition) is 12. The third-order valence-electron chi connectivity index (χ3n) is 12.9. The standard InChI is InChI=1S/C45H42ClF10N7O11S2/c1-42(2,75(3,70)71)11-9-23-5-6-24(25-7-8-29(46)33-35(25)62(19-43(49,50)51)60-38(33)63(76(4,72)73)41(69)74-12-10-26(39(65)66)40(67)68)34(57-23)30(15-20-13-21(47)16-22(48)14-20)58-31(64)18-61-37-32(36(59-61)45(54,55)56)27-17-28(27)44(37,52)53/h5-8,13-14,16,26-28,30H,9-12,15,17-19H2,1-4H3,(H,58,64)(H,65,66)(H,67,68)/t27-,28?,30-/m0/s1. The van der Waals surface area contributed by atoms with E-state index >= 15 is 8.78 Å². The number of halogens is 11. The summed E-state index contributed by atoms with van der Waals surface area (Å²) in [6.45, 7) is -1.73. The first kappa shape index (κ1) is 57.2. The van der Waals surface area contributed by atoms with Crippen LogP contribution in [0.15, 0.2) is 42.5 Å². The Morgan fingerprint density at radius 2 is 1.54 bits per heavy atom. The Bertz CT molecular complexity index is 3390. The Morgan fingerprint density at radius 3 is 2.11 bits per heavy atom. The largest absolute Gasteiger partial charge is 0.481 e. The van der Waals surface area contributed by atoms with Crippen LogP contribution in [-0.2, 0) is 77.0 Å². The fourth-order valence-corrected chi connectivity index (χ4v) is 10.3. The molecular formula is C45H42ClF10N7O11S2. The van der Waals surface area contributed by atoms with Crippen molar-refractivity contribution in [1.29, 1.82) is 0 Å². The first-order valence-electron chi connectivity index (χ1n) is 22.3. The van der Waals surface area contributed by atoms with E-state index in [0.29, 0.717) is 12.3 Å². The van der Waals surface area contributed by atoms with Crippen LogP contribution in [0, 0.1) is 23.5 Å². The number of carboxylic acids is 2. The molecule has 2 aliphatic carbocycles. The van der Waals surface area contributed by atoms with Crippen LogP contribution in [0.3, 0.4) is 0 Å². The molecule has 0 spiro atoms. The molecular weight excluding hydrogens is 1100 g/mol. The fourth-order valence-electron chi connectivity index (χ4n) is 8.87. The number of amides is 2. The van der Waals surface area contributed by atoms with E-state index in [2.05, 4.69) is 20.5 Å². The minimum absolute atomic E-state index is 0.00698. The summed E-state index contributed by atoms with van der Waals surface area (Å²) in [5.41, 5.74) is -5.86. The van der Waals surface area contributed by atoms with Gasteiger partial charge in [-0.1, -0.05) is 23.7 Å². The summed E-state index contributed by atoms with van der Waals surface area (Å²) in [5.74, 6) is -17.4. The van der Waals surface area contributed by atoms with Gasteiger partial charge in [-0.05, 0) is 75.3 Å². The Labute approximate surface area is 428 Å². The van der Waals surface area contributed by atoms with E-state index in [-0.39, 0.29) is 49.8 Å². The second kappa shape index (κ2) is 20.1. The van der Waals surface area contributed by atoms with Crippen molar-refractivity contribution in [3.05, 3.63) is 93.0 Å². The number of nitrogens with one attached hydrogen (secondary N) is 1. The highest BCUT2D eigenvalue weighted by Gasteiger charge is 2.68. The molecule has 1 fully saturated rings. The van der Waals surface area contributed by atoms with Crippen molar-refractivity contribution in [1.82, 2.24) is 29.9 Å². The summed E-state index contributed by atoms with van der Waals surface area (Å²) in [7, 11) is -8.82. The molecule has 18 nitrogen and oxygen atoms in total. The monoisotopic (exact) mass is 1150 g/mol. The van der Waals surface area contributed by atoms with Crippen LogP contribution in [0.4, 0.5) is 54.5 Å². The number of carbonyl (C=O) groups excluding carboxylic acids is 2. The van der Waals surface area contributed by atoms with Gasteiger partial charge >= 0.3 is 30.4 Å². The van der Waals surface area contributed by atoms with Crippen LogP contribution >= 0.6 is 11.6 Å². The Balaban J connectivity index is 1.44. The molecule has 76 heavy (non-hydrogen) atoms. The molecule has 0 saturated heterocycles. The van der Waals surface area contributed by atoms with E-state index in [1.54, 1.807) is 0 Å². The zero-order chi connectivity index (χ0) is 56.6. The Hall–Kier alpha value is -6.56. The number of benzene rings is 2. The number of aryl methyl sites for hydroxylation is 1. The first-order chi connectivity index (χ1) is 34.9. The number of carbonyl (C=O) groups is 4. The summed E-state index contributed by atoms with van der Waals surface area (Å²) >= 11 is 6.59. The van der Waals surface area contributed by atoms with E-state index in [9.17, 15) is 81.4 Å². The zero-order valence-corrected chi connectivity index (χ0v) is 42.1. The molecule has 0 radical (unpaired) electrons. The number of nitrogens with zero attached hydrogens (tertiary/aromatic N) is 6. The second-order valence-electron chi connectivity index (χ2n) is 18.8. The number of anilines is 1. The maximum atomic E-state index is 15.6. The number of sulfone groups is 1. The molecule has 5 aromatic rings. The maximum Gasteiger partial charge on any atom is 0.435 e. The lowest BCUT2D eigenvalue weighted by atomic mass is 9.93. The Kier molecular flexibility index (Phi) is 15.1. The number of ether oxygens (including phenoxy) is 1. The highest BCUT2D eigenvalue weighted by Crippen LogP contribution is 2.68. The van der Waals surface area contributed by atoms with Crippen LogP contribution in [0.1, 0.15) is 79.0 Å². The Morgan fingerprint density at radius 1 is 0.921 bits per heavy atom. The summed E-state index contributed by atoms with van der Waals surface area (Å²) < 4.78 is 203. The van der Waals surface area contributed by atoms with Crippen molar-refractivity contribution in [2.45, 2.75) is 94.0 Å². The number of pyridine rings is 1. The van der Waals surface area contributed by atoms with Gasteiger partial charge in [0.05, 0.1) is 45.3 Å². The molecule has 412 valence electrons. The van der Waals surface area contributed by atoms with Crippen molar-refractivity contribution < 1.29 is 94.9 Å². The third kappa shape index (κ3) is 11.7. The number of carboxylic acid groups (broad SMARTS) is 2. The average molecular weight is 1150 g/mol. The van der Waals surface area contributed by atoms with Crippen molar-refractivity contribution in [2.75, 3.05) is 23.4 Å². The van der Waals surface area contributed by atoms with Crippen LogP contribution in [0.2, 0.25) is 5.02 Å². The summed E-state index contributed by atoms with van der Waals surface area (Å²) in [4.78, 5) is 55.3. The fraction of sp³-hybridized carbons (Fsp3) is 0.444. The lowest BCUT2D eigenvalue weighted by Crippen LogP contribution is -2.38. The van der Waals surface area contributed by atoms with E-state index in [1.807, 2.05) is 0 Å². The maximum absolute atomic E-state index is 15.6. The van der Waals surface area contributed by atoms with Gasteiger partial charge in [0.1, 0.15) is 30.4 Å². The molecule has 3 N–H and O–H groups in total. The van der Waals surface area contributed by atoms with Crippen LogP contribution in [0.5, 0.6) is 0 Å². The summed E-state index contributed by atoms with van der Waals surface area (Å²) in [6, 6.07) is 4.71. The molecule has 2 amide bonds. The lowest BCUT2D eigenvalue weighted by Gasteiger charge is -2.25. The highest BCUT2D eigenvalue weighted by molar-refractivity contribution is 7.92. The minimum Gasteiger partial charge on any atom is -0.481 e. The van der Waals surface area contributed by atoms with Crippen molar-refractivity contribution in [3.8, 4) is 11.1 Å². The van der Waals surface area contributed by atoms with Gasteiger partial charge in [0.2, 0.25) is 15.9 Å². The van der Waals surface area contributed by atoms with Crippen LogP contribution in [-0.4, -0.2) is 106 Å². The molecule has 2 aromatic carbocycles. The average Bonchev–Trinajstić information content (AvgIpc) is 3.78. The molecule has 3 heterocycles. The topological polar surface area (TPSA) is 250 Å². The van der Waals surface area contributed by atoms with Crippen molar-refractivity contribution in [2.24, 2.45) is 11.8 Å². The van der Waals surface area contributed by atoms with Gasteiger partial charge in [-0.2, -0.15) is 49.6 Å². The number of aliphatic carboxylic acids is 2. The van der Waals surface area contributed by atoms with Crippen molar-refractivity contribution in [3.63, 3.8) is 0 Å².